The van der Waals surface area contributed by atoms with Crippen molar-refractivity contribution in [3.8, 4) is 0 Å². The molecule has 9 heteroatoms. The second-order valence-corrected chi connectivity index (χ2v) is 7.40. The van der Waals surface area contributed by atoms with E-state index in [2.05, 4.69) is 14.5 Å². The predicted octanol–water partition coefficient (Wildman–Crippen LogP) is 4.26. The number of ether oxygens (including phenoxy) is 2. The molecule has 3 rings (SSSR count). The van der Waals surface area contributed by atoms with Gasteiger partial charge in [-0.1, -0.05) is 36.4 Å². The van der Waals surface area contributed by atoms with Gasteiger partial charge in [-0.15, -0.1) is 24.8 Å². The highest BCUT2D eigenvalue weighted by atomic mass is 35.5. The predicted molar refractivity (Wildman–Crippen MR) is 129 cm³/mol. The first-order valence-corrected chi connectivity index (χ1v) is 10.3. The van der Waals surface area contributed by atoms with Crippen LogP contribution in [0.3, 0.4) is 0 Å². The van der Waals surface area contributed by atoms with Crippen molar-refractivity contribution in [3.63, 3.8) is 0 Å². The van der Waals surface area contributed by atoms with Gasteiger partial charge in [-0.25, -0.2) is 13.6 Å². The number of rotatable bonds is 9. The molecule has 0 bridgehead atoms. The number of piperazine rings is 1. The summed E-state index contributed by atoms with van der Waals surface area (Å²) in [6.45, 7) is 4.56. The Morgan fingerprint density at radius 1 is 0.909 bits per heavy atom. The summed E-state index contributed by atoms with van der Waals surface area (Å²) < 4.78 is 36.6. The van der Waals surface area contributed by atoms with Crippen LogP contribution in [0.2, 0.25) is 0 Å². The van der Waals surface area contributed by atoms with Gasteiger partial charge < -0.3 is 9.47 Å². The molecule has 1 aliphatic heterocycles. The van der Waals surface area contributed by atoms with Crippen molar-refractivity contribution in [2.75, 3.05) is 53.0 Å². The number of halogens is 4. The first-order valence-electron chi connectivity index (χ1n) is 10.3. The smallest absolute Gasteiger partial charge is 0.331 e. The first-order chi connectivity index (χ1) is 15.1. The Kier molecular flexibility index (Phi) is 13.2. The topological polar surface area (TPSA) is 42.0 Å². The maximum Gasteiger partial charge on any atom is 0.331 e. The van der Waals surface area contributed by atoms with Gasteiger partial charge in [-0.2, -0.15) is 0 Å². The third-order valence-electron chi connectivity index (χ3n) is 5.34. The van der Waals surface area contributed by atoms with Crippen molar-refractivity contribution in [2.24, 2.45) is 0 Å². The molecule has 5 nitrogen and oxygen atoms in total. The standard InChI is InChI=1S/C24H28F2N2O3.2ClH/c1-30-23(29)18-31-17-3-2-12-27-13-15-28(16-14-27)24(19-4-8-21(25)9-5-19)20-6-10-22(26)11-7-20;;/h2-11,24H,12-18H2,1H3;2*1H/b3-2-;;. The second-order valence-electron chi connectivity index (χ2n) is 7.40. The largest absolute Gasteiger partial charge is 0.467 e. The second kappa shape index (κ2) is 15.0. The molecule has 0 atom stereocenters. The highest BCUT2D eigenvalue weighted by Gasteiger charge is 2.26. The minimum atomic E-state index is -0.388. The average molecular weight is 503 g/mol. The molecule has 0 amide bonds. The number of benzene rings is 2. The van der Waals surface area contributed by atoms with Crippen LogP contribution in [0.25, 0.3) is 0 Å². The number of hydrogen-bond acceptors (Lipinski definition) is 5. The third-order valence-corrected chi connectivity index (χ3v) is 5.34. The lowest BCUT2D eigenvalue weighted by Crippen LogP contribution is -2.47. The van der Waals surface area contributed by atoms with Crippen LogP contribution in [0, 0.1) is 11.6 Å². The summed E-state index contributed by atoms with van der Waals surface area (Å²) in [7, 11) is 1.33. The molecule has 182 valence electrons. The van der Waals surface area contributed by atoms with E-state index in [1.165, 1.54) is 31.4 Å². The monoisotopic (exact) mass is 502 g/mol. The molecular formula is C24H30Cl2F2N2O3. The molecule has 0 N–H and O–H groups in total. The zero-order valence-electron chi connectivity index (χ0n) is 18.5. The fourth-order valence-electron chi connectivity index (χ4n) is 3.67. The number of carbonyl (C=O) groups is 1. The Morgan fingerprint density at radius 2 is 1.42 bits per heavy atom. The fraction of sp³-hybridized carbons (Fsp3) is 0.375. The molecule has 0 saturated carbocycles. The van der Waals surface area contributed by atoms with Gasteiger partial charge in [0.25, 0.3) is 0 Å². The van der Waals surface area contributed by atoms with Gasteiger partial charge in [0.1, 0.15) is 18.2 Å². The molecule has 0 aromatic heterocycles. The average Bonchev–Trinajstić information content (AvgIpc) is 2.79. The van der Waals surface area contributed by atoms with Crippen LogP contribution in [0.1, 0.15) is 17.2 Å². The van der Waals surface area contributed by atoms with Crippen molar-refractivity contribution >= 4 is 30.8 Å². The van der Waals surface area contributed by atoms with Crippen LogP contribution < -0.4 is 0 Å². The van der Waals surface area contributed by atoms with Gasteiger partial charge in [0.05, 0.1) is 19.8 Å². The lowest BCUT2D eigenvalue weighted by atomic mass is 9.96. The van der Waals surface area contributed by atoms with Crippen molar-refractivity contribution < 1.29 is 23.0 Å². The van der Waals surface area contributed by atoms with Crippen molar-refractivity contribution in [1.29, 1.82) is 0 Å². The molecule has 1 saturated heterocycles. The van der Waals surface area contributed by atoms with E-state index in [1.807, 2.05) is 12.2 Å². The Hall–Kier alpha value is -2.03. The highest BCUT2D eigenvalue weighted by Crippen LogP contribution is 2.30. The quantitative estimate of drug-likeness (QED) is 0.291. The summed E-state index contributed by atoms with van der Waals surface area (Å²) in [5.41, 5.74) is 1.98. The first kappa shape index (κ1) is 29.0. The highest BCUT2D eigenvalue weighted by molar-refractivity contribution is 5.85. The zero-order chi connectivity index (χ0) is 22.1. The Labute approximate surface area is 206 Å². The Balaban J connectivity index is 0.00000272. The van der Waals surface area contributed by atoms with Crippen molar-refractivity contribution in [3.05, 3.63) is 83.4 Å². The van der Waals surface area contributed by atoms with E-state index in [0.717, 1.165) is 43.9 Å². The van der Waals surface area contributed by atoms with E-state index in [9.17, 15) is 13.6 Å². The van der Waals surface area contributed by atoms with Crippen molar-refractivity contribution in [2.45, 2.75) is 6.04 Å². The molecular weight excluding hydrogens is 473 g/mol. The van der Waals surface area contributed by atoms with Crippen LogP contribution in [0.5, 0.6) is 0 Å². The minimum absolute atomic E-state index is 0. The van der Waals surface area contributed by atoms with Crippen LogP contribution in [0.4, 0.5) is 8.78 Å². The van der Waals surface area contributed by atoms with Crippen LogP contribution in [-0.2, 0) is 14.3 Å². The summed E-state index contributed by atoms with van der Waals surface area (Å²) >= 11 is 0. The van der Waals surface area contributed by atoms with E-state index >= 15 is 0 Å². The summed E-state index contributed by atoms with van der Waals surface area (Å²) in [5, 5.41) is 0. The van der Waals surface area contributed by atoms with Gasteiger partial charge in [0.15, 0.2) is 0 Å². The van der Waals surface area contributed by atoms with E-state index in [1.54, 1.807) is 24.3 Å². The Morgan fingerprint density at radius 3 is 1.91 bits per heavy atom. The molecule has 0 aliphatic carbocycles. The molecule has 0 unspecified atom stereocenters. The summed E-state index contributed by atoms with van der Waals surface area (Å²) in [6, 6.07) is 13.0. The Bertz CT molecular complexity index is 814. The van der Waals surface area contributed by atoms with Gasteiger partial charge in [0.2, 0.25) is 0 Å². The lowest BCUT2D eigenvalue weighted by Gasteiger charge is -2.39. The molecule has 1 aliphatic rings. The minimum Gasteiger partial charge on any atom is -0.467 e. The van der Waals surface area contributed by atoms with E-state index in [0.29, 0.717) is 6.61 Å². The molecule has 2 aromatic rings. The van der Waals surface area contributed by atoms with E-state index < -0.39 is 0 Å². The van der Waals surface area contributed by atoms with Gasteiger partial charge in [-0.05, 0) is 35.4 Å². The zero-order valence-corrected chi connectivity index (χ0v) is 20.1. The van der Waals surface area contributed by atoms with Crippen LogP contribution in [-0.4, -0.2) is 68.8 Å². The fourth-order valence-corrected chi connectivity index (χ4v) is 3.67. The molecule has 0 radical (unpaired) electrons. The summed E-state index contributed by atoms with van der Waals surface area (Å²) in [4.78, 5) is 15.7. The maximum atomic E-state index is 13.4. The summed E-state index contributed by atoms with van der Waals surface area (Å²) in [6.07, 6.45) is 3.93. The molecule has 2 aromatic carbocycles. The maximum absolute atomic E-state index is 13.4. The molecule has 1 fully saturated rings. The van der Waals surface area contributed by atoms with Gasteiger partial charge in [-0.3, -0.25) is 9.80 Å². The third kappa shape index (κ3) is 9.02. The van der Waals surface area contributed by atoms with Crippen LogP contribution in [0.15, 0.2) is 60.7 Å². The van der Waals surface area contributed by atoms with E-state index in [-0.39, 0.29) is 55.1 Å². The molecule has 33 heavy (non-hydrogen) atoms. The number of methoxy groups -OCH3 is 1. The van der Waals surface area contributed by atoms with E-state index in [4.69, 9.17) is 4.74 Å². The van der Waals surface area contributed by atoms with Gasteiger partial charge in [0, 0.05) is 32.7 Å². The SMILES string of the molecule is COC(=O)COC/C=C\CN1CCN(C(c2ccc(F)cc2)c2ccc(F)cc2)CC1.Cl.Cl. The number of hydrogen-bond donors (Lipinski definition) is 0. The number of esters is 1. The van der Waals surface area contributed by atoms with Crippen molar-refractivity contribution in [1.82, 2.24) is 9.80 Å². The normalized spacial score (nSPS) is 14.7. The molecule has 1 heterocycles. The van der Waals surface area contributed by atoms with Crippen LogP contribution >= 0.6 is 24.8 Å². The number of nitrogens with zero attached hydrogens (tertiary/aromatic N) is 2. The lowest BCUT2D eigenvalue weighted by molar-refractivity contribution is -0.145. The molecule has 0 spiro atoms. The summed E-state index contributed by atoms with van der Waals surface area (Å²) in [5.74, 6) is -0.927. The van der Waals surface area contributed by atoms with Gasteiger partial charge >= 0.3 is 5.97 Å². The number of carbonyl (C=O) groups excluding carboxylic acids is 1.